The average Bonchev–Trinajstić information content (AvgIpc) is 3.16. The Labute approximate surface area is 133 Å². The summed E-state index contributed by atoms with van der Waals surface area (Å²) in [5, 5.41) is 12.0. The summed E-state index contributed by atoms with van der Waals surface area (Å²) in [7, 11) is 0. The van der Waals surface area contributed by atoms with Gasteiger partial charge in [-0.3, -0.25) is 5.06 Å². The number of aromatic nitrogens is 2. The van der Waals surface area contributed by atoms with E-state index >= 15 is 0 Å². The van der Waals surface area contributed by atoms with Crippen molar-refractivity contribution in [1.82, 2.24) is 9.55 Å². The first-order chi connectivity index (χ1) is 11.0. The molecule has 0 amide bonds. The van der Waals surface area contributed by atoms with E-state index < -0.39 is 5.60 Å². The lowest BCUT2D eigenvalue weighted by Gasteiger charge is -2.32. The van der Waals surface area contributed by atoms with Gasteiger partial charge >= 0.3 is 0 Å². The molecule has 1 aromatic heterocycles. The van der Waals surface area contributed by atoms with Crippen molar-refractivity contribution < 1.29 is 9.80 Å². The normalized spacial score (nSPS) is 21.4. The molecule has 6 nitrogen and oxygen atoms in total. The Bertz CT molecular complexity index is 847. The van der Waals surface area contributed by atoms with E-state index in [4.69, 9.17) is 4.74 Å². The van der Waals surface area contributed by atoms with Gasteiger partial charge in [-0.25, -0.2) is 4.98 Å². The number of imidazole rings is 1. The fourth-order valence-corrected chi connectivity index (χ4v) is 2.85. The summed E-state index contributed by atoms with van der Waals surface area (Å²) in [5.74, 6) is 1.21. The number of rotatable bonds is 2. The zero-order valence-corrected chi connectivity index (χ0v) is 12.9. The van der Waals surface area contributed by atoms with Crippen LogP contribution in [0.1, 0.15) is 19.4 Å². The van der Waals surface area contributed by atoms with Crippen LogP contribution in [0.2, 0.25) is 0 Å². The summed E-state index contributed by atoms with van der Waals surface area (Å²) in [5.41, 5.74) is 2.14. The molecular weight excluding hydrogens is 292 g/mol. The highest BCUT2D eigenvalue weighted by molar-refractivity contribution is 6.20. The molecule has 0 aliphatic carbocycles. The quantitative estimate of drug-likeness (QED) is 0.859. The maximum atomic E-state index is 12.1. The Morgan fingerprint density at radius 1 is 1.30 bits per heavy atom. The molecule has 0 bridgehead atoms. The molecule has 0 fully saturated rings. The molecule has 2 aromatic rings. The fraction of sp³-hybridized carbons (Fsp3) is 0.176. The molecule has 2 aliphatic rings. The van der Waals surface area contributed by atoms with Gasteiger partial charge in [-0.05, 0) is 38.1 Å². The Balaban J connectivity index is 1.86. The predicted molar refractivity (Wildman–Crippen MR) is 87.2 cm³/mol. The zero-order valence-electron chi connectivity index (χ0n) is 12.9. The topological polar surface area (TPSA) is 66.9 Å². The summed E-state index contributed by atoms with van der Waals surface area (Å²) in [4.78, 5) is 8.31. The monoisotopic (exact) mass is 308 g/mol. The van der Waals surface area contributed by atoms with Crippen LogP contribution in [0.25, 0.3) is 11.3 Å². The maximum Gasteiger partial charge on any atom is 0.238 e. The van der Waals surface area contributed by atoms with Crippen molar-refractivity contribution >= 4 is 11.4 Å². The van der Waals surface area contributed by atoms with E-state index in [1.54, 1.807) is 18.7 Å². The van der Waals surface area contributed by atoms with Gasteiger partial charge in [0, 0.05) is 23.6 Å². The average molecular weight is 308 g/mol. The lowest BCUT2D eigenvalue weighted by molar-refractivity contribution is -0.678. The number of hydrogen-bond donors (Lipinski definition) is 1. The highest BCUT2D eigenvalue weighted by atomic mass is 16.5. The minimum atomic E-state index is -0.496. The van der Waals surface area contributed by atoms with Crippen LogP contribution < -0.4 is 9.80 Å². The number of fused-ring (bicyclic) bond motifs is 1. The first-order valence-electron chi connectivity index (χ1n) is 7.37. The molecule has 1 N–H and O–H groups in total. The van der Waals surface area contributed by atoms with Crippen LogP contribution in [0, 0.1) is 5.21 Å². The molecule has 0 saturated heterocycles. The number of aliphatic imine (C=N–C) groups is 1. The molecule has 2 aliphatic heterocycles. The van der Waals surface area contributed by atoms with Crippen LogP contribution >= 0.6 is 0 Å². The number of amidine groups is 1. The third kappa shape index (κ3) is 2.38. The molecule has 6 heteroatoms. The highest BCUT2D eigenvalue weighted by Gasteiger charge is 2.32. The van der Waals surface area contributed by atoms with Crippen molar-refractivity contribution in [3.8, 4) is 11.4 Å². The van der Waals surface area contributed by atoms with Crippen molar-refractivity contribution in [3.63, 3.8) is 0 Å². The molecule has 0 spiro atoms. The molecule has 1 unspecified atom stereocenters. The van der Waals surface area contributed by atoms with E-state index in [2.05, 4.69) is 9.98 Å². The van der Waals surface area contributed by atoms with Crippen LogP contribution in [0.4, 0.5) is 0 Å². The smallest absolute Gasteiger partial charge is 0.238 e. The predicted octanol–water partition coefficient (Wildman–Crippen LogP) is 1.69. The molecule has 1 aromatic carbocycles. The van der Waals surface area contributed by atoms with Gasteiger partial charge in [0.05, 0.1) is 18.1 Å². The summed E-state index contributed by atoms with van der Waals surface area (Å²) >= 11 is 0. The van der Waals surface area contributed by atoms with Gasteiger partial charge in [0.25, 0.3) is 0 Å². The second-order valence-electron chi connectivity index (χ2n) is 6.07. The Kier molecular flexibility index (Phi) is 2.97. The molecule has 1 atom stereocenters. The molecular formula is C17H16N4O2. The van der Waals surface area contributed by atoms with Gasteiger partial charge in [0.2, 0.25) is 5.84 Å². The number of hydroxylamine groups is 2. The van der Waals surface area contributed by atoms with Gasteiger partial charge in [-0.15, -0.1) is 0 Å². The third-order valence-corrected chi connectivity index (χ3v) is 3.84. The molecule has 116 valence electrons. The standard InChI is InChI=1S/C17H16N4O2/c1-17(2)10-14(16-19-6-8-21(16)22)13-9-12(3-4-15(13)23-17)20-7-5-18-11-20/h3-11,21H,1-2H3. The van der Waals surface area contributed by atoms with Crippen molar-refractivity contribution in [2.24, 2.45) is 4.99 Å². The number of hydrogen-bond acceptors (Lipinski definition) is 4. The largest absolute Gasteiger partial charge is 0.623 e. The van der Waals surface area contributed by atoms with Crippen LogP contribution in [0.3, 0.4) is 0 Å². The first-order valence-corrected chi connectivity index (χ1v) is 7.37. The van der Waals surface area contributed by atoms with Gasteiger partial charge in [-0.2, -0.15) is 4.99 Å². The summed E-state index contributed by atoms with van der Waals surface area (Å²) in [6.07, 6.45) is 10.3. The van der Waals surface area contributed by atoms with E-state index in [9.17, 15) is 5.21 Å². The lowest BCUT2D eigenvalue weighted by Crippen LogP contribution is -3.04. The van der Waals surface area contributed by atoms with Gasteiger partial charge in [0.15, 0.2) is 0 Å². The minimum absolute atomic E-state index is 0.0760. The van der Waals surface area contributed by atoms with E-state index in [1.807, 2.05) is 48.9 Å². The van der Waals surface area contributed by atoms with Gasteiger partial charge in [0.1, 0.15) is 17.6 Å². The summed E-state index contributed by atoms with van der Waals surface area (Å²) in [6, 6.07) is 5.88. The van der Waals surface area contributed by atoms with E-state index in [-0.39, 0.29) is 5.06 Å². The van der Waals surface area contributed by atoms with Gasteiger partial charge < -0.3 is 14.5 Å². The second kappa shape index (κ2) is 4.91. The number of benzene rings is 1. The zero-order chi connectivity index (χ0) is 16.0. The highest BCUT2D eigenvalue weighted by Crippen LogP contribution is 2.37. The van der Waals surface area contributed by atoms with E-state index in [1.165, 1.54) is 6.20 Å². The Hall–Kier alpha value is -2.70. The summed E-state index contributed by atoms with van der Waals surface area (Å²) in [6.45, 7) is 3.93. The van der Waals surface area contributed by atoms with Crippen molar-refractivity contribution in [2.75, 3.05) is 0 Å². The summed E-state index contributed by atoms with van der Waals surface area (Å²) < 4.78 is 7.94. The number of quaternary nitrogens is 1. The van der Waals surface area contributed by atoms with E-state index in [0.29, 0.717) is 5.84 Å². The van der Waals surface area contributed by atoms with Crippen LogP contribution in [0.5, 0.6) is 5.75 Å². The molecule has 0 radical (unpaired) electrons. The van der Waals surface area contributed by atoms with Crippen LogP contribution in [0.15, 0.2) is 60.4 Å². The minimum Gasteiger partial charge on any atom is -0.623 e. The number of nitrogens with zero attached hydrogens (tertiary/aromatic N) is 3. The maximum absolute atomic E-state index is 12.1. The van der Waals surface area contributed by atoms with Gasteiger partial charge in [-0.1, -0.05) is 0 Å². The van der Waals surface area contributed by atoms with Crippen LogP contribution in [-0.2, 0) is 0 Å². The first kappa shape index (κ1) is 13.9. The molecule has 0 saturated carbocycles. The Morgan fingerprint density at radius 2 is 2.17 bits per heavy atom. The van der Waals surface area contributed by atoms with Crippen LogP contribution in [-0.4, -0.2) is 21.0 Å². The third-order valence-electron chi connectivity index (χ3n) is 3.84. The van der Waals surface area contributed by atoms with Crippen molar-refractivity contribution in [3.05, 3.63) is 66.2 Å². The molecule has 4 rings (SSSR count). The fourth-order valence-electron chi connectivity index (χ4n) is 2.85. The van der Waals surface area contributed by atoms with E-state index in [0.717, 1.165) is 22.6 Å². The lowest BCUT2D eigenvalue weighted by atomic mass is 9.93. The van der Waals surface area contributed by atoms with Crippen molar-refractivity contribution in [1.29, 1.82) is 0 Å². The number of nitrogens with one attached hydrogen (secondary N) is 1. The SMILES string of the molecule is CC1(C)C=C(C2=NC=C[NH+]2[O-])c2cc(-n3ccnc3)ccc2O1. The Morgan fingerprint density at radius 3 is 2.87 bits per heavy atom. The number of ether oxygens (including phenoxy) is 1. The van der Waals surface area contributed by atoms with Crippen molar-refractivity contribution in [2.45, 2.75) is 19.4 Å². The second-order valence-corrected chi connectivity index (χ2v) is 6.07. The molecule has 3 heterocycles. The molecule has 23 heavy (non-hydrogen) atoms.